The van der Waals surface area contributed by atoms with Gasteiger partial charge in [0.25, 0.3) is 5.91 Å². The first-order valence-electron chi connectivity index (χ1n) is 5.28. The maximum absolute atomic E-state index is 12.6. The summed E-state index contributed by atoms with van der Waals surface area (Å²) in [5.74, 6) is -2.59. The third-order valence-corrected chi connectivity index (χ3v) is 3.06. The fourth-order valence-corrected chi connectivity index (χ4v) is 1.41. The van der Waals surface area contributed by atoms with Crippen LogP contribution in [0.1, 0.15) is 0 Å². The Morgan fingerprint density at radius 3 is 2.09 bits per heavy atom. The molecular weight excluding hydrogens is 346 g/mol. The molecule has 5 nitrogen and oxygen atoms in total. The standard InChI is InChI=1S/C10H7ClF6N2O3/c11-8(9(12,13)14,10(15,16)17)7(20)18-5-2-1-3-6(4-5)19(21)22/h1-4,19,21H,(H,18,20). The minimum Gasteiger partial charge on any atom is -0.595 e. The number of hydrogen-bond acceptors (Lipinski definition) is 3. The van der Waals surface area contributed by atoms with Gasteiger partial charge in [-0.15, -0.1) is 0 Å². The average molecular weight is 353 g/mol. The van der Waals surface area contributed by atoms with E-state index in [-0.39, 0.29) is 0 Å². The maximum atomic E-state index is 12.6. The first kappa shape index (κ1) is 18.5. The maximum Gasteiger partial charge on any atom is 0.425 e. The molecule has 0 fully saturated rings. The summed E-state index contributed by atoms with van der Waals surface area (Å²) in [5, 5.41) is 19.1. The Balaban J connectivity index is 3.16. The van der Waals surface area contributed by atoms with Crippen molar-refractivity contribution in [1.29, 1.82) is 0 Å². The topological polar surface area (TPSA) is 76.8 Å². The molecule has 0 aromatic heterocycles. The van der Waals surface area contributed by atoms with E-state index in [0.717, 1.165) is 18.2 Å². The molecular formula is C10H7ClF6N2O3. The molecule has 124 valence electrons. The molecule has 0 radical (unpaired) electrons. The van der Waals surface area contributed by atoms with Crippen molar-refractivity contribution in [2.24, 2.45) is 0 Å². The van der Waals surface area contributed by atoms with Gasteiger partial charge in [0.2, 0.25) is 0 Å². The van der Waals surface area contributed by atoms with Crippen LogP contribution in [-0.4, -0.2) is 28.3 Å². The van der Waals surface area contributed by atoms with Crippen LogP contribution in [0.2, 0.25) is 0 Å². The van der Waals surface area contributed by atoms with Crippen LogP contribution in [0.3, 0.4) is 0 Å². The van der Waals surface area contributed by atoms with Crippen LogP contribution >= 0.6 is 11.6 Å². The van der Waals surface area contributed by atoms with Crippen molar-refractivity contribution in [3.8, 4) is 0 Å². The summed E-state index contributed by atoms with van der Waals surface area (Å²) >= 11 is 4.52. The van der Waals surface area contributed by atoms with Gasteiger partial charge in [-0.3, -0.25) is 4.79 Å². The molecule has 3 N–H and O–H groups in total. The molecule has 1 aromatic rings. The lowest BCUT2D eigenvalue weighted by Crippen LogP contribution is -2.99. The fraction of sp³-hybridized carbons (Fsp3) is 0.300. The molecule has 0 bridgehead atoms. The van der Waals surface area contributed by atoms with E-state index < -0.39 is 39.7 Å². The number of quaternary nitrogens is 1. The van der Waals surface area contributed by atoms with Crippen LogP contribution < -0.4 is 10.5 Å². The van der Waals surface area contributed by atoms with E-state index in [0.29, 0.717) is 6.07 Å². The normalized spacial score (nSPS) is 14.6. The highest BCUT2D eigenvalue weighted by atomic mass is 35.5. The van der Waals surface area contributed by atoms with Gasteiger partial charge < -0.3 is 10.5 Å². The molecule has 0 saturated carbocycles. The Morgan fingerprint density at radius 1 is 1.18 bits per heavy atom. The Morgan fingerprint density at radius 2 is 1.68 bits per heavy atom. The molecule has 0 aliphatic carbocycles. The van der Waals surface area contributed by atoms with Gasteiger partial charge in [-0.05, 0) is 6.07 Å². The SMILES string of the molecule is O=C(Nc1cccc([NH+]([O-])O)c1)C(Cl)(C(F)(F)F)C(F)(F)F. The summed E-state index contributed by atoms with van der Waals surface area (Å²) < 4.78 is 75.3. The molecule has 0 spiro atoms. The van der Waals surface area contributed by atoms with Gasteiger partial charge in [0.05, 0.1) is 0 Å². The Kier molecular flexibility index (Phi) is 4.97. The van der Waals surface area contributed by atoms with E-state index in [1.54, 1.807) is 0 Å². The quantitative estimate of drug-likeness (QED) is 0.443. The van der Waals surface area contributed by atoms with Crippen LogP contribution in [0.5, 0.6) is 0 Å². The fourth-order valence-electron chi connectivity index (χ4n) is 1.37. The zero-order valence-electron chi connectivity index (χ0n) is 10.2. The molecule has 12 heteroatoms. The van der Waals surface area contributed by atoms with Crippen molar-refractivity contribution in [1.82, 2.24) is 0 Å². The number of hydrogen-bond donors (Lipinski definition) is 3. The van der Waals surface area contributed by atoms with Crippen LogP contribution in [0.4, 0.5) is 37.7 Å². The van der Waals surface area contributed by atoms with Crippen LogP contribution in [-0.2, 0) is 4.79 Å². The average Bonchev–Trinajstić information content (AvgIpc) is 2.35. The highest BCUT2D eigenvalue weighted by Crippen LogP contribution is 2.48. The van der Waals surface area contributed by atoms with Crippen LogP contribution in [0.25, 0.3) is 0 Å². The van der Waals surface area contributed by atoms with E-state index in [2.05, 4.69) is 11.6 Å². The van der Waals surface area contributed by atoms with Gasteiger partial charge in [0, 0.05) is 17.8 Å². The number of carbonyl (C=O) groups excluding carboxylic acids is 1. The molecule has 0 aliphatic heterocycles. The summed E-state index contributed by atoms with van der Waals surface area (Å²) in [7, 11) is 0. The third-order valence-electron chi connectivity index (χ3n) is 2.46. The molecule has 0 aliphatic rings. The van der Waals surface area contributed by atoms with Gasteiger partial charge >= 0.3 is 17.2 Å². The predicted molar refractivity (Wildman–Crippen MR) is 61.5 cm³/mol. The molecule has 1 rings (SSSR count). The number of benzene rings is 1. The van der Waals surface area contributed by atoms with Crippen molar-refractivity contribution in [3.05, 3.63) is 29.5 Å². The lowest BCUT2D eigenvalue weighted by molar-refractivity contribution is -0.991. The molecule has 1 aromatic carbocycles. The molecule has 1 atom stereocenters. The summed E-state index contributed by atoms with van der Waals surface area (Å²) in [5.41, 5.74) is -1.03. The largest absolute Gasteiger partial charge is 0.595 e. The minimum absolute atomic E-state index is 0.447. The van der Waals surface area contributed by atoms with Crippen LogP contribution in [0, 0.1) is 5.21 Å². The number of carbonyl (C=O) groups is 1. The van der Waals surface area contributed by atoms with Gasteiger partial charge in [0.1, 0.15) is 0 Å². The Labute approximate surface area is 123 Å². The van der Waals surface area contributed by atoms with Gasteiger partial charge in [-0.1, -0.05) is 17.7 Å². The van der Waals surface area contributed by atoms with E-state index in [1.165, 1.54) is 5.32 Å². The lowest BCUT2D eigenvalue weighted by Gasteiger charge is -2.30. The zero-order valence-corrected chi connectivity index (χ0v) is 11.0. The second-order valence-corrected chi connectivity index (χ2v) is 4.56. The van der Waals surface area contributed by atoms with Crippen molar-refractivity contribution in [3.63, 3.8) is 0 Å². The van der Waals surface area contributed by atoms with Crippen LogP contribution in [0.15, 0.2) is 24.3 Å². The second kappa shape index (κ2) is 5.91. The van der Waals surface area contributed by atoms with Gasteiger partial charge in [-0.25, -0.2) is 5.21 Å². The van der Waals surface area contributed by atoms with Gasteiger partial charge in [0.15, 0.2) is 5.69 Å². The molecule has 0 heterocycles. The molecule has 1 amide bonds. The van der Waals surface area contributed by atoms with Gasteiger partial charge in [-0.2, -0.15) is 31.6 Å². The van der Waals surface area contributed by atoms with E-state index >= 15 is 0 Å². The summed E-state index contributed by atoms with van der Waals surface area (Å²) in [6, 6.07) is 3.65. The molecule has 1 unspecified atom stereocenters. The monoisotopic (exact) mass is 352 g/mol. The van der Waals surface area contributed by atoms with E-state index in [1.807, 2.05) is 0 Å². The third kappa shape index (κ3) is 3.43. The van der Waals surface area contributed by atoms with Crippen molar-refractivity contribution in [2.75, 3.05) is 5.32 Å². The van der Waals surface area contributed by atoms with Crippen molar-refractivity contribution < 1.29 is 41.6 Å². The van der Waals surface area contributed by atoms with E-state index in [4.69, 9.17) is 5.21 Å². The zero-order chi connectivity index (χ0) is 17.3. The molecule has 22 heavy (non-hydrogen) atoms. The highest BCUT2D eigenvalue weighted by molar-refractivity contribution is 6.38. The number of amides is 1. The summed E-state index contributed by atoms with van der Waals surface area (Å²) in [6.45, 7) is 0. The smallest absolute Gasteiger partial charge is 0.425 e. The number of halogens is 7. The van der Waals surface area contributed by atoms with E-state index in [9.17, 15) is 36.3 Å². The van der Waals surface area contributed by atoms with Crippen molar-refractivity contribution >= 4 is 28.9 Å². The first-order valence-corrected chi connectivity index (χ1v) is 5.65. The number of alkyl halides is 7. The Hall–Kier alpha value is -1.56. The number of nitrogens with one attached hydrogen (secondary N) is 2. The lowest BCUT2D eigenvalue weighted by atomic mass is 10.1. The summed E-state index contributed by atoms with van der Waals surface area (Å²) in [6.07, 6.45) is -12.2. The predicted octanol–water partition coefficient (Wildman–Crippen LogP) is 2.13. The first-order chi connectivity index (χ1) is 9.80. The van der Waals surface area contributed by atoms with Crippen molar-refractivity contribution in [2.45, 2.75) is 17.2 Å². The minimum atomic E-state index is -6.11. The number of rotatable bonds is 3. The highest BCUT2D eigenvalue weighted by Gasteiger charge is 2.75. The Bertz CT molecular complexity index is 546. The summed E-state index contributed by atoms with van der Waals surface area (Å²) in [4.78, 5) is 6.22. The second-order valence-electron chi connectivity index (χ2n) is 3.99. The number of anilines is 1. The molecule has 0 saturated heterocycles.